The Balaban J connectivity index is 0.00000220. The average Bonchev–Trinajstić information content (AvgIpc) is 3.09. The van der Waals surface area contributed by atoms with E-state index in [0.717, 1.165) is 24.7 Å². The highest BCUT2D eigenvalue weighted by Gasteiger charge is 2.31. The number of halogens is 1. The molecule has 1 aromatic rings. The minimum Gasteiger partial charge on any atom is -0.356 e. The van der Waals surface area contributed by atoms with E-state index in [1.165, 1.54) is 37.0 Å². The number of nitrogens with zero attached hydrogens (tertiary/aromatic N) is 2. The van der Waals surface area contributed by atoms with Crippen molar-refractivity contribution in [3.63, 3.8) is 0 Å². The lowest BCUT2D eigenvalue weighted by Crippen LogP contribution is -2.42. The zero-order valence-corrected chi connectivity index (χ0v) is 16.4. The van der Waals surface area contributed by atoms with Gasteiger partial charge in [-0.15, -0.1) is 35.3 Å². The molecule has 0 aliphatic heterocycles. The topological polar surface area (TPSA) is 49.3 Å². The van der Waals surface area contributed by atoms with Crippen LogP contribution in [0.25, 0.3) is 0 Å². The monoisotopic (exact) mass is 422 g/mol. The van der Waals surface area contributed by atoms with Crippen LogP contribution in [0, 0.1) is 12.3 Å². The average molecular weight is 422 g/mol. The maximum absolute atomic E-state index is 4.32. The number of hydrogen-bond donors (Lipinski definition) is 2. The van der Waals surface area contributed by atoms with Gasteiger partial charge in [0.1, 0.15) is 0 Å². The zero-order valence-electron chi connectivity index (χ0n) is 13.2. The van der Waals surface area contributed by atoms with Crippen LogP contribution in [-0.2, 0) is 6.54 Å². The molecule has 0 amide bonds. The van der Waals surface area contributed by atoms with E-state index in [4.69, 9.17) is 0 Å². The van der Waals surface area contributed by atoms with Gasteiger partial charge >= 0.3 is 0 Å². The Hall–Kier alpha value is -0.370. The number of aromatic nitrogens is 1. The Kier molecular flexibility index (Phi) is 7.94. The summed E-state index contributed by atoms with van der Waals surface area (Å²) in [7, 11) is 1.84. The molecule has 1 aliphatic carbocycles. The molecule has 2 N–H and O–H groups in total. The first kappa shape index (κ1) is 18.7. The second-order valence-electron chi connectivity index (χ2n) is 5.70. The predicted octanol–water partition coefficient (Wildman–Crippen LogP) is 3.70. The van der Waals surface area contributed by atoms with Crippen LogP contribution in [0.15, 0.2) is 10.5 Å². The van der Waals surface area contributed by atoms with E-state index in [9.17, 15) is 0 Å². The van der Waals surface area contributed by atoms with Crippen molar-refractivity contribution in [2.75, 3.05) is 13.6 Å². The lowest BCUT2D eigenvalue weighted by Gasteiger charge is -2.28. The molecule has 0 radical (unpaired) electrons. The number of guanidine groups is 1. The molecule has 21 heavy (non-hydrogen) atoms. The fourth-order valence-corrected chi connectivity index (χ4v) is 3.65. The molecule has 1 aliphatic rings. The maximum atomic E-state index is 4.32. The SMILES string of the molecule is CCC1(CNC(=NC)NCc2scnc2C)CCCC1.I. The Morgan fingerprint density at radius 1 is 1.38 bits per heavy atom. The fourth-order valence-electron chi connectivity index (χ4n) is 2.93. The molecular formula is C15H27IN4S. The third kappa shape index (κ3) is 5.09. The van der Waals surface area contributed by atoms with E-state index in [1.807, 2.05) is 19.5 Å². The van der Waals surface area contributed by atoms with E-state index >= 15 is 0 Å². The van der Waals surface area contributed by atoms with Crippen LogP contribution in [0.2, 0.25) is 0 Å². The number of hydrogen-bond acceptors (Lipinski definition) is 3. The van der Waals surface area contributed by atoms with Crippen LogP contribution in [0.4, 0.5) is 0 Å². The summed E-state index contributed by atoms with van der Waals surface area (Å²) in [6.07, 6.45) is 6.71. The molecule has 1 aromatic heterocycles. The summed E-state index contributed by atoms with van der Waals surface area (Å²) in [5, 5.41) is 6.90. The number of aryl methyl sites for hydroxylation is 1. The first-order valence-corrected chi connectivity index (χ1v) is 8.40. The molecule has 0 saturated heterocycles. The molecule has 0 bridgehead atoms. The summed E-state index contributed by atoms with van der Waals surface area (Å²) in [5.74, 6) is 0.900. The van der Waals surface area contributed by atoms with Crippen molar-refractivity contribution in [1.29, 1.82) is 0 Å². The normalized spacial score (nSPS) is 17.4. The van der Waals surface area contributed by atoms with Gasteiger partial charge in [-0.25, -0.2) is 4.98 Å². The Morgan fingerprint density at radius 3 is 2.62 bits per heavy atom. The molecule has 1 fully saturated rings. The summed E-state index contributed by atoms with van der Waals surface area (Å²) in [4.78, 5) is 9.87. The predicted molar refractivity (Wildman–Crippen MR) is 102 cm³/mol. The van der Waals surface area contributed by atoms with Crippen molar-refractivity contribution in [1.82, 2.24) is 15.6 Å². The zero-order chi connectivity index (χ0) is 14.4. The maximum Gasteiger partial charge on any atom is 0.191 e. The van der Waals surface area contributed by atoms with Gasteiger partial charge in [0.15, 0.2) is 5.96 Å². The van der Waals surface area contributed by atoms with Crippen LogP contribution in [0.1, 0.15) is 49.6 Å². The Morgan fingerprint density at radius 2 is 2.10 bits per heavy atom. The van der Waals surface area contributed by atoms with Gasteiger partial charge in [0.25, 0.3) is 0 Å². The van der Waals surface area contributed by atoms with E-state index in [1.54, 1.807) is 11.3 Å². The second kappa shape index (κ2) is 8.92. The molecule has 6 heteroatoms. The van der Waals surface area contributed by atoms with Gasteiger partial charge in [0.2, 0.25) is 0 Å². The molecule has 0 aromatic carbocycles. The van der Waals surface area contributed by atoms with Gasteiger partial charge in [-0.2, -0.15) is 0 Å². The summed E-state index contributed by atoms with van der Waals surface area (Å²) in [5.41, 5.74) is 3.49. The van der Waals surface area contributed by atoms with E-state index < -0.39 is 0 Å². The van der Waals surface area contributed by atoms with Crippen molar-refractivity contribution in [2.45, 2.75) is 52.5 Å². The molecule has 120 valence electrons. The largest absolute Gasteiger partial charge is 0.356 e. The number of rotatable bonds is 5. The van der Waals surface area contributed by atoms with Crippen LogP contribution < -0.4 is 10.6 Å². The molecule has 2 rings (SSSR count). The lowest BCUT2D eigenvalue weighted by molar-refractivity contribution is 0.283. The van der Waals surface area contributed by atoms with Gasteiger partial charge in [-0.05, 0) is 31.6 Å². The van der Waals surface area contributed by atoms with E-state index in [2.05, 4.69) is 27.5 Å². The Labute approximate surface area is 149 Å². The molecule has 0 unspecified atom stereocenters. The van der Waals surface area contributed by atoms with Gasteiger partial charge in [0, 0.05) is 18.5 Å². The van der Waals surface area contributed by atoms with Crippen molar-refractivity contribution < 1.29 is 0 Å². The van der Waals surface area contributed by atoms with Gasteiger partial charge < -0.3 is 10.6 Å². The van der Waals surface area contributed by atoms with Gasteiger partial charge in [-0.1, -0.05) is 19.8 Å². The first-order valence-electron chi connectivity index (χ1n) is 7.52. The van der Waals surface area contributed by atoms with Crippen LogP contribution in [0.3, 0.4) is 0 Å². The smallest absolute Gasteiger partial charge is 0.191 e. The van der Waals surface area contributed by atoms with Crippen molar-refractivity contribution in [3.05, 3.63) is 16.1 Å². The highest BCUT2D eigenvalue weighted by Crippen LogP contribution is 2.40. The quantitative estimate of drug-likeness (QED) is 0.432. The van der Waals surface area contributed by atoms with Crippen molar-refractivity contribution in [3.8, 4) is 0 Å². The van der Waals surface area contributed by atoms with Crippen LogP contribution in [0.5, 0.6) is 0 Å². The first-order chi connectivity index (χ1) is 9.69. The molecular weight excluding hydrogens is 395 g/mol. The minimum atomic E-state index is 0. The summed E-state index contributed by atoms with van der Waals surface area (Å²) >= 11 is 1.69. The van der Waals surface area contributed by atoms with Gasteiger partial charge in [0.05, 0.1) is 17.7 Å². The van der Waals surface area contributed by atoms with E-state index in [-0.39, 0.29) is 24.0 Å². The molecule has 4 nitrogen and oxygen atoms in total. The molecule has 1 saturated carbocycles. The van der Waals surface area contributed by atoms with Crippen LogP contribution >= 0.6 is 35.3 Å². The number of thiazole rings is 1. The molecule has 0 atom stereocenters. The van der Waals surface area contributed by atoms with E-state index in [0.29, 0.717) is 5.41 Å². The molecule has 1 heterocycles. The highest BCUT2D eigenvalue weighted by molar-refractivity contribution is 14.0. The third-order valence-electron chi connectivity index (χ3n) is 4.53. The third-order valence-corrected chi connectivity index (χ3v) is 5.46. The Bertz CT molecular complexity index is 452. The van der Waals surface area contributed by atoms with Crippen LogP contribution in [-0.4, -0.2) is 24.5 Å². The standard InChI is InChI=1S/C15H26N4S.HI/c1-4-15(7-5-6-8-15)10-18-14(16-3)17-9-13-12(2)19-11-20-13;/h11H,4-10H2,1-3H3,(H2,16,17,18);1H. The van der Waals surface area contributed by atoms with Crippen molar-refractivity contribution >= 4 is 41.3 Å². The van der Waals surface area contributed by atoms with Crippen molar-refractivity contribution in [2.24, 2.45) is 10.4 Å². The number of nitrogens with one attached hydrogen (secondary N) is 2. The summed E-state index contributed by atoms with van der Waals surface area (Å²) < 4.78 is 0. The summed E-state index contributed by atoms with van der Waals surface area (Å²) in [6, 6.07) is 0. The minimum absolute atomic E-state index is 0. The molecule has 0 spiro atoms. The fraction of sp³-hybridized carbons (Fsp3) is 0.733. The second-order valence-corrected chi connectivity index (χ2v) is 6.64. The van der Waals surface area contributed by atoms with Gasteiger partial charge in [-0.3, -0.25) is 4.99 Å². The number of aliphatic imine (C=N–C) groups is 1. The lowest BCUT2D eigenvalue weighted by atomic mass is 9.83. The highest BCUT2D eigenvalue weighted by atomic mass is 127. The summed E-state index contributed by atoms with van der Waals surface area (Å²) in [6.45, 7) is 6.19.